The SMILES string of the molecule is O=S(=O)(NC1CC2=C(c3ccn(C(F)F)n3)[C@H](c3ccc(F)cc3Cl)N=C(c3nccs3)N2C1)C1CCC(O)(c2cn(-c3cccnc3)nn2)CC1. The summed E-state index contributed by atoms with van der Waals surface area (Å²) in [5.41, 5.74) is 1.34. The molecule has 1 unspecified atom stereocenters. The van der Waals surface area contributed by atoms with E-state index in [-0.39, 0.29) is 49.4 Å². The number of pyridine rings is 1. The van der Waals surface area contributed by atoms with E-state index in [4.69, 9.17) is 16.6 Å². The maximum atomic E-state index is 14.2. The third-order valence-corrected chi connectivity index (χ3v) is 12.7. The van der Waals surface area contributed by atoms with Crippen molar-refractivity contribution in [3.05, 3.63) is 111 Å². The van der Waals surface area contributed by atoms with E-state index >= 15 is 0 Å². The van der Waals surface area contributed by atoms with Crippen LogP contribution in [-0.2, 0) is 15.6 Å². The Kier molecular flexibility index (Phi) is 8.97. The van der Waals surface area contributed by atoms with E-state index in [1.165, 1.54) is 34.2 Å². The molecule has 0 amide bonds. The number of benzene rings is 1. The van der Waals surface area contributed by atoms with Crippen LogP contribution in [0.4, 0.5) is 13.2 Å². The Bertz CT molecular complexity index is 2270. The van der Waals surface area contributed by atoms with Crippen molar-refractivity contribution in [2.75, 3.05) is 6.54 Å². The molecule has 5 aromatic rings. The van der Waals surface area contributed by atoms with E-state index in [0.29, 0.717) is 43.7 Å². The van der Waals surface area contributed by atoms with E-state index in [1.54, 1.807) is 42.3 Å². The van der Waals surface area contributed by atoms with Crippen LogP contribution in [0.2, 0.25) is 5.02 Å². The Hall–Kier alpha value is -4.49. The lowest BCUT2D eigenvalue weighted by Crippen LogP contribution is -2.46. The fraction of sp³-hybridized carbons (Fsp3) is 0.333. The molecule has 2 aliphatic heterocycles. The first-order chi connectivity index (χ1) is 25.0. The summed E-state index contributed by atoms with van der Waals surface area (Å²) in [5.74, 6) is -0.116. The molecule has 2 atom stereocenters. The smallest absolute Gasteiger partial charge is 0.333 e. The molecule has 52 heavy (non-hydrogen) atoms. The van der Waals surface area contributed by atoms with Gasteiger partial charge in [0, 0.05) is 64.8 Å². The quantitative estimate of drug-likeness (QED) is 0.205. The second-order valence-corrected chi connectivity index (χ2v) is 16.1. The number of rotatable bonds is 9. The number of aromatic nitrogens is 7. The minimum absolute atomic E-state index is 0.0826. The average molecular weight is 771 g/mol. The highest BCUT2D eigenvalue weighted by molar-refractivity contribution is 7.90. The van der Waals surface area contributed by atoms with Crippen molar-refractivity contribution in [1.29, 1.82) is 0 Å². The molecule has 2 fully saturated rings. The van der Waals surface area contributed by atoms with Crippen molar-refractivity contribution >= 4 is 44.4 Å². The Labute approximate surface area is 304 Å². The van der Waals surface area contributed by atoms with Gasteiger partial charge in [-0.25, -0.2) is 31.9 Å². The normalized spacial score (nSPS) is 23.7. The highest BCUT2D eigenvalue weighted by Gasteiger charge is 2.45. The van der Waals surface area contributed by atoms with Crippen LogP contribution in [0.25, 0.3) is 11.3 Å². The molecule has 1 aliphatic carbocycles. The number of sulfonamides is 1. The molecule has 2 N–H and O–H groups in total. The second-order valence-electron chi connectivity index (χ2n) is 12.8. The zero-order valence-electron chi connectivity index (χ0n) is 27.1. The van der Waals surface area contributed by atoms with Crippen molar-refractivity contribution in [2.45, 2.75) is 61.6 Å². The minimum Gasteiger partial charge on any atom is -0.383 e. The molecule has 270 valence electrons. The predicted molar refractivity (Wildman–Crippen MR) is 186 cm³/mol. The summed E-state index contributed by atoms with van der Waals surface area (Å²) >= 11 is 7.88. The number of thiazole rings is 1. The Morgan fingerprint density at radius 1 is 1.13 bits per heavy atom. The van der Waals surface area contributed by atoms with Crippen LogP contribution in [0.3, 0.4) is 0 Å². The summed E-state index contributed by atoms with van der Waals surface area (Å²) in [6.07, 6.45) is 8.49. The first kappa shape index (κ1) is 34.6. The monoisotopic (exact) mass is 770 g/mol. The Morgan fingerprint density at radius 3 is 2.65 bits per heavy atom. The van der Waals surface area contributed by atoms with Gasteiger partial charge in [-0.3, -0.25) is 9.98 Å². The summed E-state index contributed by atoms with van der Waals surface area (Å²) in [7, 11) is -3.91. The van der Waals surface area contributed by atoms with Gasteiger partial charge in [0.25, 0.3) is 0 Å². The van der Waals surface area contributed by atoms with Crippen LogP contribution in [0.1, 0.15) is 66.7 Å². The number of fused-ring (bicyclic) bond motifs is 1. The van der Waals surface area contributed by atoms with Gasteiger partial charge in [-0.15, -0.1) is 16.4 Å². The molecule has 13 nitrogen and oxygen atoms in total. The van der Waals surface area contributed by atoms with Gasteiger partial charge < -0.3 is 10.0 Å². The molecule has 3 aliphatic rings. The lowest BCUT2D eigenvalue weighted by atomic mass is 9.82. The summed E-state index contributed by atoms with van der Waals surface area (Å²) in [6.45, 7) is -2.73. The molecular weight excluding hydrogens is 741 g/mol. The summed E-state index contributed by atoms with van der Waals surface area (Å²) in [6, 6.07) is 7.37. The molecule has 0 radical (unpaired) electrons. The van der Waals surface area contributed by atoms with Gasteiger partial charge in [0.05, 0.1) is 29.0 Å². The molecule has 1 saturated carbocycles. The van der Waals surface area contributed by atoms with Gasteiger partial charge >= 0.3 is 6.55 Å². The van der Waals surface area contributed by atoms with Crippen molar-refractivity contribution in [1.82, 2.24) is 44.4 Å². The zero-order valence-corrected chi connectivity index (χ0v) is 29.5. The zero-order chi connectivity index (χ0) is 36.2. The highest BCUT2D eigenvalue weighted by Crippen LogP contribution is 2.47. The molecule has 6 heterocycles. The fourth-order valence-corrected chi connectivity index (χ4v) is 9.67. The number of hydrogen-bond acceptors (Lipinski definition) is 11. The van der Waals surface area contributed by atoms with Crippen molar-refractivity contribution < 1.29 is 26.7 Å². The van der Waals surface area contributed by atoms with Crippen LogP contribution in [0, 0.1) is 5.82 Å². The number of hydrogen-bond donors (Lipinski definition) is 2. The molecule has 1 aromatic carbocycles. The van der Waals surface area contributed by atoms with E-state index in [0.717, 1.165) is 12.3 Å². The minimum atomic E-state index is -3.91. The van der Waals surface area contributed by atoms with Crippen LogP contribution >= 0.6 is 22.9 Å². The lowest BCUT2D eigenvalue weighted by Gasteiger charge is -2.34. The number of aliphatic hydroxyl groups is 1. The topological polar surface area (TPSA) is 156 Å². The number of alkyl halides is 2. The Balaban J connectivity index is 1.08. The van der Waals surface area contributed by atoms with E-state index < -0.39 is 45.3 Å². The van der Waals surface area contributed by atoms with Gasteiger partial charge in [0.15, 0.2) is 10.8 Å². The second kappa shape index (κ2) is 13.5. The number of nitrogens with one attached hydrogen (secondary N) is 1. The molecule has 0 bridgehead atoms. The van der Waals surface area contributed by atoms with Crippen LogP contribution in [0.5, 0.6) is 0 Å². The molecule has 4 aromatic heterocycles. The van der Waals surface area contributed by atoms with E-state index in [2.05, 4.69) is 30.1 Å². The van der Waals surface area contributed by atoms with Crippen LogP contribution in [0.15, 0.2) is 83.5 Å². The van der Waals surface area contributed by atoms with E-state index in [1.807, 2.05) is 4.90 Å². The summed E-state index contributed by atoms with van der Waals surface area (Å²) < 4.78 is 74.4. The van der Waals surface area contributed by atoms with E-state index in [9.17, 15) is 26.7 Å². The summed E-state index contributed by atoms with van der Waals surface area (Å²) in [4.78, 5) is 15.4. The van der Waals surface area contributed by atoms with Gasteiger partial charge in [0.2, 0.25) is 10.0 Å². The highest BCUT2D eigenvalue weighted by atomic mass is 35.5. The third-order valence-electron chi connectivity index (χ3n) is 9.64. The van der Waals surface area contributed by atoms with Gasteiger partial charge in [0.1, 0.15) is 23.2 Å². The number of nitrogens with zero attached hydrogens (tertiary/aromatic N) is 9. The third kappa shape index (κ3) is 6.42. The van der Waals surface area contributed by atoms with Gasteiger partial charge in [-0.1, -0.05) is 22.9 Å². The first-order valence-electron chi connectivity index (χ1n) is 16.3. The Morgan fingerprint density at radius 2 is 1.96 bits per heavy atom. The van der Waals surface area contributed by atoms with Crippen molar-refractivity contribution in [3.63, 3.8) is 0 Å². The molecule has 19 heteroatoms. The van der Waals surface area contributed by atoms with Crippen molar-refractivity contribution in [2.24, 2.45) is 4.99 Å². The molecule has 8 rings (SSSR count). The van der Waals surface area contributed by atoms with Crippen molar-refractivity contribution in [3.8, 4) is 5.69 Å². The molecular formula is C33H30ClF3N10O3S2. The van der Waals surface area contributed by atoms with Gasteiger partial charge in [-0.2, -0.15) is 13.9 Å². The number of amidine groups is 1. The van der Waals surface area contributed by atoms with Crippen LogP contribution < -0.4 is 4.72 Å². The molecule has 1 saturated heterocycles. The van der Waals surface area contributed by atoms with Gasteiger partial charge in [-0.05, 0) is 56.0 Å². The standard InChI is InChI=1S/C33H30ClF3N10O3S2/c34-24-14-19(35)3-4-23(24)29-28(25-7-12-46(42-25)32(36)37)26-15-20(17-45(26)30(40-29)31-39-11-13-51-31)43-52(49,50)22-5-8-33(48,9-6-22)27-18-47(44-41-27)21-2-1-10-38-16-21/h1-4,7,10-14,16,18,20,22,29,32,43,48H,5-6,8-9,15,17H2/t20?,22?,29-,33?/m0/s1. The lowest BCUT2D eigenvalue weighted by molar-refractivity contribution is -0.00392. The maximum absolute atomic E-state index is 14.2. The predicted octanol–water partition coefficient (Wildman–Crippen LogP) is 5.24. The first-order valence-corrected chi connectivity index (χ1v) is 19.1. The number of halogens is 4. The van der Waals surface area contributed by atoms with Crippen LogP contribution in [-0.4, -0.2) is 76.8 Å². The fourth-order valence-electron chi connectivity index (χ4n) is 7.09. The molecule has 0 spiro atoms. The number of aliphatic imine (C=N–C) groups is 1. The maximum Gasteiger partial charge on any atom is 0.333 e. The average Bonchev–Trinajstić information content (AvgIpc) is 3.96. The largest absolute Gasteiger partial charge is 0.383 e. The summed E-state index contributed by atoms with van der Waals surface area (Å²) in [5, 5.41) is 25.6.